The topological polar surface area (TPSA) is 62.1 Å². The number of aromatic hydroxyl groups is 1. The van der Waals surface area contributed by atoms with Crippen LogP contribution in [0.15, 0.2) is 46.0 Å². The standard InChI is InChI=1S/C31H41BrN2O3/c1-9-10-21-18-34(29(33-32)24(21)15-20-11-13-23(37-8)14-12-20)19-27(35)22-16-25(30(2,3)4)28(36)26(17-22)31(5,6)7/h11-17,21,36H,9-10,18-19H2,1-8H3/b24-15+,33-29-. The summed E-state index contributed by atoms with van der Waals surface area (Å²) >= 11 is 3.34. The molecule has 0 spiro atoms. The number of likely N-dealkylation sites (tertiary alicyclic amines) is 1. The maximum atomic E-state index is 13.7. The molecular formula is C31H41BrN2O3. The first-order valence-electron chi connectivity index (χ1n) is 13.0. The van der Waals surface area contributed by atoms with E-state index in [-0.39, 0.29) is 34.8 Å². The Morgan fingerprint density at radius 1 is 1.11 bits per heavy atom. The van der Waals surface area contributed by atoms with E-state index in [9.17, 15) is 9.90 Å². The van der Waals surface area contributed by atoms with Crippen LogP contribution < -0.4 is 4.74 Å². The highest BCUT2D eigenvalue weighted by molar-refractivity contribution is 9.08. The van der Waals surface area contributed by atoms with Crippen LogP contribution in [0.1, 0.15) is 88.4 Å². The maximum absolute atomic E-state index is 13.7. The Kier molecular flexibility index (Phi) is 8.94. The third kappa shape index (κ3) is 6.64. The van der Waals surface area contributed by atoms with Crippen molar-refractivity contribution >= 4 is 33.8 Å². The number of ketones is 1. The van der Waals surface area contributed by atoms with Gasteiger partial charge in [0.15, 0.2) is 5.78 Å². The van der Waals surface area contributed by atoms with Gasteiger partial charge in [0, 0.05) is 34.7 Å². The van der Waals surface area contributed by atoms with Gasteiger partial charge in [0.05, 0.1) is 29.8 Å². The van der Waals surface area contributed by atoms with E-state index in [1.807, 2.05) is 36.4 Å². The number of rotatable bonds is 7. The predicted octanol–water partition coefficient (Wildman–Crippen LogP) is 7.70. The largest absolute Gasteiger partial charge is 0.507 e. The van der Waals surface area contributed by atoms with Crippen LogP contribution in [-0.4, -0.2) is 41.8 Å². The van der Waals surface area contributed by atoms with Crippen molar-refractivity contribution < 1.29 is 14.6 Å². The molecule has 0 radical (unpaired) electrons. The minimum Gasteiger partial charge on any atom is -0.507 e. The van der Waals surface area contributed by atoms with E-state index < -0.39 is 0 Å². The summed E-state index contributed by atoms with van der Waals surface area (Å²) in [6, 6.07) is 11.7. The molecule has 6 heteroatoms. The average Bonchev–Trinajstić information content (AvgIpc) is 3.13. The number of hydrogen-bond acceptors (Lipinski definition) is 4. The van der Waals surface area contributed by atoms with Crippen molar-refractivity contribution in [2.45, 2.75) is 72.1 Å². The van der Waals surface area contributed by atoms with Gasteiger partial charge in [-0.25, -0.2) is 0 Å². The van der Waals surface area contributed by atoms with Gasteiger partial charge in [0.2, 0.25) is 0 Å². The van der Waals surface area contributed by atoms with Crippen LogP contribution >= 0.6 is 16.1 Å². The second kappa shape index (κ2) is 11.4. The minimum absolute atomic E-state index is 0.0191. The van der Waals surface area contributed by atoms with Crippen molar-refractivity contribution in [1.29, 1.82) is 0 Å². The number of methoxy groups -OCH3 is 1. The summed E-state index contributed by atoms with van der Waals surface area (Å²) in [6.07, 6.45) is 4.23. The summed E-state index contributed by atoms with van der Waals surface area (Å²) in [6.45, 7) is 15.5. The quantitative estimate of drug-likeness (QED) is 0.347. The average molecular weight is 570 g/mol. The molecule has 37 heavy (non-hydrogen) atoms. The zero-order valence-electron chi connectivity index (χ0n) is 23.5. The van der Waals surface area contributed by atoms with Crippen molar-refractivity contribution in [3.8, 4) is 11.5 Å². The van der Waals surface area contributed by atoms with Gasteiger partial charge >= 0.3 is 0 Å². The van der Waals surface area contributed by atoms with Gasteiger partial charge in [-0.05, 0) is 53.2 Å². The molecule has 200 valence electrons. The Morgan fingerprint density at radius 3 is 2.14 bits per heavy atom. The van der Waals surface area contributed by atoms with Crippen molar-refractivity contribution in [2.75, 3.05) is 20.2 Å². The number of nitrogens with zero attached hydrogens (tertiary/aromatic N) is 2. The first-order chi connectivity index (χ1) is 17.3. The molecule has 1 aliphatic rings. The number of carbonyl (C=O) groups is 1. The van der Waals surface area contributed by atoms with Crippen LogP contribution in [0.3, 0.4) is 0 Å². The molecule has 2 aromatic rings. The highest BCUT2D eigenvalue weighted by atomic mass is 79.9. The van der Waals surface area contributed by atoms with Crippen LogP contribution in [0.2, 0.25) is 0 Å². The maximum Gasteiger partial charge on any atom is 0.182 e. The summed E-state index contributed by atoms with van der Waals surface area (Å²) in [4.78, 5) is 15.8. The smallest absolute Gasteiger partial charge is 0.182 e. The molecule has 1 fully saturated rings. The zero-order valence-corrected chi connectivity index (χ0v) is 25.1. The van der Waals surface area contributed by atoms with E-state index in [2.05, 4.69) is 79.6 Å². The molecule has 0 saturated carbocycles. The molecule has 3 rings (SSSR count). The van der Waals surface area contributed by atoms with Crippen molar-refractivity contribution in [1.82, 2.24) is 4.90 Å². The van der Waals surface area contributed by atoms with E-state index in [4.69, 9.17) is 4.74 Å². The number of phenolic OH excluding ortho intramolecular Hbond substituents is 1. The summed E-state index contributed by atoms with van der Waals surface area (Å²) in [5.41, 5.74) is 3.83. The summed E-state index contributed by atoms with van der Waals surface area (Å²) in [5, 5.41) is 11.1. The molecule has 1 aliphatic heterocycles. The number of amidine groups is 1. The van der Waals surface area contributed by atoms with E-state index >= 15 is 0 Å². The Bertz CT molecular complexity index is 1150. The van der Waals surface area contributed by atoms with E-state index in [0.717, 1.165) is 53.2 Å². The third-order valence-electron chi connectivity index (χ3n) is 6.98. The number of phenols is 1. The van der Waals surface area contributed by atoms with Crippen molar-refractivity contribution in [3.63, 3.8) is 0 Å². The van der Waals surface area contributed by atoms with Gasteiger partial charge in [-0.1, -0.05) is 67.0 Å². The van der Waals surface area contributed by atoms with Gasteiger partial charge in [0.25, 0.3) is 0 Å². The molecule has 0 amide bonds. The monoisotopic (exact) mass is 568 g/mol. The first-order valence-corrected chi connectivity index (χ1v) is 13.7. The summed E-state index contributed by atoms with van der Waals surface area (Å²) in [5.74, 6) is 2.21. The molecule has 1 saturated heterocycles. The molecule has 1 heterocycles. The fourth-order valence-corrected chi connectivity index (χ4v) is 5.35. The van der Waals surface area contributed by atoms with Crippen molar-refractivity contribution in [2.24, 2.45) is 9.94 Å². The zero-order chi connectivity index (χ0) is 27.5. The van der Waals surface area contributed by atoms with E-state index in [1.54, 1.807) is 7.11 Å². The van der Waals surface area contributed by atoms with Crippen LogP contribution in [0.25, 0.3) is 6.08 Å². The molecule has 5 nitrogen and oxygen atoms in total. The Balaban J connectivity index is 1.97. The molecule has 1 unspecified atom stereocenters. The lowest BCUT2D eigenvalue weighted by Gasteiger charge is -2.28. The van der Waals surface area contributed by atoms with Gasteiger partial charge in [-0.3, -0.25) is 4.79 Å². The van der Waals surface area contributed by atoms with Crippen LogP contribution in [-0.2, 0) is 10.8 Å². The molecule has 0 bridgehead atoms. The minimum atomic E-state index is -0.295. The van der Waals surface area contributed by atoms with E-state index in [1.165, 1.54) is 0 Å². The third-order valence-corrected chi connectivity index (χ3v) is 7.31. The number of benzene rings is 2. The molecule has 2 aromatic carbocycles. The number of hydrogen-bond donors (Lipinski definition) is 1. The van der Waals surface area contributed by atoms with Crippen molar-refractivity contribution in [3.05, 3.63) is 64.2 Å². The second-order valence-electron chi connectivity index (χ2n) is 12.0. The second-order valence-corrected chi connectivity index (χ2v) is 12.3. The van der Waals surface area contributed by atoms with Gasteiger partial charge in [0.1, 0.15) is 17.3 Å². The Labute approximate surface area is 231 Å². The molecule has 0 aromatic heterocycles. The van der Waals surface area contributed by atoms with Crippen LogP contribution in [0, 0.1) is 5.92 Å². The van der Waals surface area contributed by atoms with Gasteiger partial charge in [-0.2, -0.15) is 4.02 Å². The summed E-state index contributed by atoms with van der Waals surface area (Å²) in [7, 11) is 1.66. The number of halogens is 1. The highest BCUT2D eigenvalue weighted by Gasteiger charge is 2.34. The fraction of sp³-hybridized carbons (Fsp3) is 0.484. The molecule has 1 N–H and O–H groups in total. The number of ether oxygens (including phenoxy) is 1. The predicted molar refractivity (Wildman–Crippen MR) is 157 cm³/mol. The Morgan fingerprint density at radius 2 is 1.68 bits per heavy atom. The highest BCUT2D eigenvalue weighted by Crippen LogP contribution is 2.40. The van der Waals surface area contributed by atoms with Gasteiger partial charge in [-0.15, -0.1) is 0 Å². The Hall–Kier alpha value is -2.60. The molecule has 1 atom stereocenters. The lowest BCUT2D eigenvalue weighted by Crippen LogP contribution is -2.32. The number of Topliss-reactive ketones (excluding diaryl/α,β-unsaturated/α-hetero) is 1. The first kappa shape index (κ1) is 29.0. The van der Waals surface area contributed by atoms with E-state index in [0.29, 0.717) is 5.56 Å². The van der Waals surface area contributed by atoms with Crippen LogP contribution in [0.4, 0.5) is 0 Å². The number of carbonyl (C=O) groups excluding carboxylic acids is 1. The van der Waals surface area contributed by atoms with Gasteiger partial charge < -0.3 is 14.7 Å². The SMILES string of the molecule is CCCC1CN(CC(=O)c2cc(C(C)(C)C)c(O)c(C(C)(C)C)c2)C(=N\Br)/C1=C/c1ccc(OC)cc1. The molecular weight excluding hydrogens is 528 g/mol. The fourth-order valence-electron chi connectivity index (χ4n) is 4.92. The summed E-state index contributed by atoms with van der Waals surface area (Å²) < 4.78 is 9.75. The lowest BCUT2D eigenvalue weighted by atomic mass is 9.78. The lowest BCUT2D eigenvalue weighted by molar-refractivity contribution is 0.0963. The normalized spacial score (nSPS) is 18.6. The van der Waals surface area contributed by atoms with Crippen LogP contribution in [0.5, 0.6) is 11.5 Å². The molecule has 0 aliphatic carbocycles.